The van der Waals surface area contributed by atoms with Gasteiger partial charge in [0.25, 0.3) is 0 Å². The fourth-order valence-electron chi connectivity index (χ4n) is 10.1. The van der Waals surface area contributed by atoms with Gasteiger partial charge in [-0.25, -0.2) is 0 Å². The van der Waals surface area contributed by atoms with E-state index >= 15 is 0 Å². The Morgan fingerprint density at radius 2 is 0.761 bits per heavy atom. The summed E-state index contributed by atoms with van der Waals surface area (Å²) in [7, 11) is 0. The van der Waals surface area contributed by atoms with Crippen molar-refractivity contribution in [3.8, 4) is 50.2 Å². The van der Waals surface area contributed by atoms with Crippen LogP contribution in [-0.2, 0) is 0 Å². The molecule has 0 atom stereocenters. The van der Waals surface area contributed by atoms with E-state index in [-0.39, 0.29) is 0 Å². The number of hydrogen-bond donors (Lipinski definition) is 0. The van der Waals surface area contributed by atoms with Gasteiger partial charge < -0.3 is 13.9 Å². The second-order valence-electron chi connectivity index (χ2n) is 17.3. The van der Waals surface area contributed by atoms with Crippen LogP contribution in [0.1, 0.15) is 0 Å². The van der Waals surface area contributed by atoms with Gasteiger partial charge in [-0.15, -0.1) is 0 Å². The molecule has 2 aromatic heterocycles. The molecule has 0 saturated heterocycles. The number of benzene rings is 11. The summed E-state index contributed by atoms with van der Waals surface area (Å²) in [5.74, 6) is 0. The van der Waals surface area contributed by atoms with E-state index in [4.69, 9.17) is 4.42 Å². The lowest BCUT2D eigenvalue weighted by molar-refractivity contribution is 0.669. The average Bonchev–Trinajstić information content (AvgIpc) is 3.96. The van der Waals surface area contributed by atoms with Crippen LogP contribution >= 0.6 is 0 Å². The van der Waals surface area contributed by atoms with Crippen molar-refractivity contribution in [3.05, 3.63) is 255 Å². The molecule has 0 fully saturated rings. The minimum atomic E-state index is 0.868. The minimum absolute atomic E-state index is 0.868. The third kappa shape index (κ3) is 6.67. The summed E-state index contributed by atoms with van der Waals surface area (Å²) in [6.45, 7) is 0. The number of nitrogens with zero attached hydrogens (tertiary/aromatic N) is 2. The molecule has 0 saturated carbocycles. The quantitative estimate of drug-likeness (QED) is 0.152. The van der Waals surface area contributed by atoms with Gasteiger partial charge in [-0.2, -0.15) is 0 Å². The van der Waals surface area contributed by atoms with E-state index < -0.39 is 0 Å². The second kappa shape index (κ2) is 16.0. The molecular formula is C64H42N2O. The number of hydrogen-bond acceptors (Lipinski definition) is 2. The Morgan fingerprint density at radius 1 is 0.313 bits per heavy atom. The first-order valence-electron chi connectivity index (χ1n) is 22.9. The lowest BCUT2D eigenvalue weighted by Gasteiger charge is -2.26. The molecule has 11 aromatic carbocycles. The fourth-order valence-corrected chi connectivity index (χ4v) is 10.1. The van der Waals surface area contributed by atoms with E-state index in [2.05, 4.69) is 258 Å². The molecule has 314 valence electrons. The van der Waals surface area contributed by atoms with Crippen LogP contribution in [0.5, 0.6) is 0 Å². The summed E-state index contributed by atoms with van der Waals surface area (Å²) in [6.07, 6.45) is 0. The summed E-state index contributed by atoms with van der Waals surface area (Å²) < 4.78 is 9.18. The maximum atomic E-state index is 6.79. The summed E-state index contributed by atoms with van der Waals surface area (Å²) in [6, 6.07) is 91.7. The largest absolute Gasteiger partial charge is 0.454 e. The molecule has 0 unspecified atom stereocenters. The zero-order chi connectivity index (χ0) is 44.3. The Bertz CT molecular complexity index is 3920. The molecule has 0 spiro atoms. The Morgan fingerprint density at radius 3 is 1.39 bits per heavy atom. The van der Waals surface area contributed by atoms with Gasteiger partial charge >= 0.3 is 0 Å². The summed E-state index contributed by atoms with van der Waals surface area (Å²) in [5, 5.41) is 7.08. The van der Waals surface area contributed by atoms with Crippen molar-refractivity contribution in [1.29, 1.82) is 0 Å². The predicted octanol–water partition coefficient (Wildman–Crippen LogP) is 18.0. The Balaban J connectivity index is 0.855. The zero-order valence-electron chi connectivity index (χ0n) is 36.6. The van der Waals surface area contributed by atoms with Gasteiger partial charge in [-0.1, -0.05) is 188 Å². The first-order valence-corrected chi connectivity index (χ1v) is 22.9. The van der Waals surface area contributed by atoms with Crippen LogP contribution in [0.15, 0.2) is 259 Å². The number of para-hydroxylation sites is 2. The molecule has 13 rings (SSSR count). The first kappa shape index (κ1) is 38.5. The van der Waals surface area contributed by atoms with Crippen molar-refractivity contribution >= 4 is 71.6 Å². The number of rotatable bonds is 8. The van der Waals surface area contributed by atoms with Gasteiger partial charge in [-0.3, -0.25) is 0 Å². The van der Waals surface area contributed by atoms with Crippen LogP contribution in [0.3, 0.4) is 0 Å². The highest BCUT2D eigenvalue weighted by atomic mass is 16.3. The Labute approximate surface area is 388 Å². The van der Waals surface area contributed by atoms with Crippen molar-refractivity contribution in [3.63, 3.8) is 0 Å². The monoisotopic (exact) mass is 854 g/mol. The molecule has 67 heavy (non-hydrogen) atoms. The lowest BCUT2D eigenvalue weighted by Crippen LogP contribution is -2.10. The van der Waals surface area contributed by atoms with E-state index in [0.717, 1.165) is 61.2 Å². The van der Waals surface area contributed by atoms with Crippen LogP contribution in [0.2, 0.25) is 0 Å². The van der Waals surface area contributed by atoms with Crippen molar-refractivity contribution in [2.24, 2.45) is 0 Å². The van der Waals surface area contributed by atoms with Gasteiger partial charge in [0, 0.05) is 38.6 Å². The minimum Gasteiger partial charge on any atom is -0.454 e. The maximum Gasteiger partial charge on any atom is 0.160 e. The van der Waals surface area contributed by atoms with Crippen LogP contribution in [0.4, 0.5) is 17.1 Å². The number of anilines is 3. The Hall–Kier alpha value is -8.92. The molecule has 2 heterocycles. The van der Waals surface area contributed by atoms with Crippen LogP contribution in [0, 0.1) is 0 Å². The van der Waals surface area contributed by atoms with Gasteiger partial charge in [0.05, 0.1) is 16.7 Å². The van der Waals surface area contributed by atoms with E-state index in [1.807, 2.05) is 6.07 Å². The molecule has 0 amide bonds. The Kier molecular flexibility index (Phi) is 9.17. The van der Waals surface area contributed by atoms with Gasteiger partial charge in [0.2, 0.25) is 0 Å². The highest BCUT2D eigenvalue weighted by Gasteiger charge is 2.22. The third-order valence-electron chi connectivity index (χ3n) is 13.4. The molecule has 0 bridgehead atoms. The molecule has 3 nitrogen and oxygen atoms in total. The molecular weight excluding hydrogens is 813 g/mol. The van der Waals surface area contributed by atoms with Crippen molar-refractivity contribution in [1.82, 2.24) is 4.57 Å². The van der Waals surface area contributed by atoms with Crippen molar-refractivity contribution in [2.75, 3.05) is 4.90 Å². The third-order valence-corrected chi connectivity index (χ3v) is 13.4. The van der Waals surface area contributed by atoms with Gasteiger partial charge in [0.15, 0.2) is 5.58 Å². The number of aromatic nitrogens is 1. The summed E-state index contributed by atoms with van der Waals surface area (Å²) in [4.78, 5) is 2.34. The average molecular weight is 855 g/mol. The van der Waals surface area contributed by atoms with E-state index in [9.17, 15) is 0 Å². The maximum absolute atomic E-state index is 6.79. The van der Waals surface area contributed by atoms with Gasteiger partial charge in [0.1, 0.15) is 5.58 Å². The fraction of sp³-hybridized carbons (Fsp3) is 0. The lowest BCUT2D eigenvalue weighted by atomic mass is 9.98. The zero-order valence-corrected chi connectivity index (χ0v) is 36.6. The first-order chi connectivity index (χ1) is 33.2. The molecule has 0 aliphatic heterocycles. The molecule has 13 aromatic rings. The number of fused-ring (bicyclic) bond motifs is 8. The van der Waals surface area contributed by atoms with Crippen LogP contribution in [0.25, 0.3) is 105 Å². The van der Waals surface area contributed by atoms with Crippen LogP contribution in [-0.4, -0.2) is 4.57 Å². The van der Waals surface area contributed by atoms with Gasteiger partial charge in [-0.05, 0) is 122 Å². The van der Waals surface area contributed by atoms with Crippen molar-refractivity contribution in [2.45, 2.75) is 0 Å². The van der Waals surface area contributed by atoms with E-state index in [0.29, 0.717) is 0 Å². The molecule has 0 radical (unpaired) electrons. The smallest absolute Gasteiger partial charge is 0.160 e. The highest BCUT2D eigenvalue weighted by Crippen LogP contribution is 2.46. The summed E-state index contributed by atoms with van der Waals surface area (Å²) >= 11 is 0. The van der Waals surface area contributed by atoms with E-state index in [1.54, 1.807) is 0 Å². The second-order valence-corrected chi connectivity index (χ2v) is 17.3. The molecule has 0 N–H and O–H groups in total. The number of furan rings is 1. The van der Waals surface area contributed by atoms with E-state index in [1.165, 1.54) is 60.6 Å². The predicted molar refractivity (Wildman–Crippen MR) is 282 cm³/mol. The molecule has 3 heteroatoms. The van der Waals surface area contributed by atoms with Crippen molar-refractivity contribution < 1.29 is 4.42 Å². The molecule has 0 aliphatic carbocycles. The summed E-state index contributed by atoms with van der Waals surface area (Å²) in [5.41, 5.74) is 17.9. The topological polar surface area (TPSA) is 21.3 Å². The normalized spacial score (nSPS) is 11.6. The highest BCUT2D eigenvalue weighted by molar-refractivity contribution is 6.23. The SMILES string of the molecule is c1ccc(-c2ccc(N(c3ccc(-c4ccc(-c5ccc6c(c5)c5ccccc5n6-c5ccc(-c6ccccc6)cc5)cc4)cc3)c3cc4ccccc4c4c3oc3ccccc34)cc2)cc1. The molecule has 0 aliphatic rings. The van der Waals surface area contributed by atoms with Crippen LogP contribution < -0.4 is 4.90 Å². The standard InChI is InChI=1S/C64H42N2O/c1-3-13-43(14-4-1)46-27-34-52(35-28-46)65(61-42-51-17-7-8-18-55(51)63-57-20-10-12-22-62(57)67-64(61)63)53-36-29-48(30-37-53)45-23-25-49(26-24-45)50-33-40-60-58(41-50)56-19-9-11-21-59(56)66(60)54-38-31-47(32-39-54)44-15-5-2-6-16-44/h1-42H.